The fourth-order valence-corrected chi connectivity index (χ4v) is 2.29. The Balaban J connectivity index is 4.34. The van der Waals surface area contributed by atoms with Gasteiger partial charge in [-0.3, -0.25) is 4.79 Å². The zero-order valence-electron chi connectivity index (χ0n) is 14.5. The number of aliphatic carboxylic acids is 1. The molecule has 1 N–H and O–H groups in total. The summed E-state index contributed by atoms with van der Waals surface area (Å²) < 4.78 is 0. The van der Waals surface area contributed by atoms with E-state index < -0.39 is 12.0 Å². The van der Waals surface area contributed by atoms with Gasteiger partial charge in [0.05, 0.1) is 0 Å². The van der Waals surface area contributed by atoms with Crippen LogP contribution in [0.3, 0.4) is 0 Å². The van der Waals surface area contributed by atoms with Gasteiger partial charge in [0.1, 0.15) is 6.04 Å². The number of carboxylic acid groups (broad SMARTS) is 1. The van der Waals surface area contributed by atoms with E-state index in [1.165, 1.54) is 30.2 Å². The molecule has 0 saturated carbocycles. The second-order valence-corrected chi connectivity index (χ2v) is 5.86. The largest absolute Gasteiger partial charge is 0.480 e. The number of hydrogen-bond donors (Lipinski definition) is 1. The first-order valence-electron chi connectivity index (χ1n) is 8.74. The van der Waals surface area contributed by atoms with Crippen LogP contribution in [0.25, 0.3) is 0 Å². The van der Waals surface area contributed by atoms with Crippen molar-refractivity contribution in [2.24, 2.45) is 0 Å². The Labute approximate surface area is 135 Å². The molecule has 4 heteroatoms. The van der Waals surface area contributed by atoms with Gasteiger partial charge in [-0.25, -0.2) is 4.79 Å². The Morgan fingerprint density at radius 2 is 1.59 bits per heavy atom. The molecule has 128 valence electrons. The predicted octanol–water partition coefficient (Wildman–Crippen LogP) is 4.40. The van der Waals surface area contributed by atoms with Crippen LogP contribution in [-0.2, 0) is 9.59 Å². The van der Waals surface area contributed by atoms with Gasteiger partial charge in [0.15, 0.2) is 0 Å². The lowest BCUT2D eigenvalue weighted by atomic mass is 10.1. The summed E-state index contributed by atoms with van der Waals surface area (Å²) in [5.74, 6) is -1.12. The average molecular weight is 311 g/mol. The molecule has 0 aromatic carbocycles. The number of amides is 1. The molecule has 0 unspecified atom stereocenters. The molecule has 0 rings (SSSR count). The van der Waals surface area contributed by atoms with E-state index >= 15 is 0 Å². The van der Waals surface area contributed by atoms with Crippen molar-refractivity contribution in [3.63, 3.8) is 0 Å². The number of nitrogens with zero attached hydrogens (tertiary/aromatic N) is 1. The number of allylic oxidation sites excluding steroid dienone is 1. The molecule has 22 heavy (non-hydrogen) atoms. The van der Waals surface area contributed by atoms with Crippen molar-refractivity contribution in [1.82, 2.24) is 4.90 Å². The van der Waals surface area contributed by atoms with Gasteiger partial charge in [0.2, 0.25) is 5.91 Å². The van der Waals surface area contributed by atoms with Gasteiger partial charge in [-0.1, -0.05) is 64.9 Å². The Kier molecular flexibility index (Phi) is 12.5. The summed E-state index contributed by atoms with van der Waals surface area (Å²) in [5, 5.41) is 9.17. The van der Waals surface area contributed by atoms with Crippen molar-refractivity contribution in [3.05, 3.63) is 12.2 Å². The Bertz CT molecular complexity index is 339. The highest BCUT2D eigenvalue weighted by atomic mass is 16.4. The first-order chi connectivity index (χ1) is 10.5. The van der Waals surface area contributed by atoms with E-state index in [4.69, 9.17) is 5.11 Å². The van der Waals surface area contributed by atoms with Crippen LogP contribution in [0.5, 0.6) is 0 Å². The summed E-state index contributed by atoms with van der Waals surface area (Å²) in [5.41, 5.74) is 0. The van der Waals surface area contributed by atoms with Crippen molar-refractivity contribution < 1.29 is 14.7 Å². The van der Waals surface area contributed by atoms with Gasteiger partial charge < -0.3 is 10.0 Å². The molecule has 4 nitrogen and oxygen atoms in total. The van der Waals surface area contributed by atoms with Gasteiger partial charge in [-0.05, 0) is 25.8 Å². The van der Waals surface area contributed by atoms with Crippen LogP contribution < -0.4 is 0 Å². The maximum atomic E-state index is 12.2. The summed E-state index contributed by atoms with van der Waals surface area (Å²) in [6, 6.07) is -0.765. The molecular weight excluding hydrogens is 278 g/mol. The molecule has 0 bridgehead atoms. The third-order valence-electron chi connectivity index (χ3n) is 3.85. The molecule has 0 heterocycles. The van der Waals surface area contributed by atoms with E-state index in [1.54, 1.807) is 6.92 Å². The van der Waals surface area contributed by atoms with Crippen LogP contribution in [-0.4, -0.2) is 34.5 Å². The van der Waals surface area contributed by atoms with Gasteiger partial charge in [0.25, 0.3) is 0 Å². The Hall–Kier alpha value is -1.32. The summed E-state index contributed by atoms with van der Waals surface area (Å²) in [6.45, 7) is 6.39. The third kappa shape index (κ3) is 9.59. The Morgan fingerprint density at radius 1 is 1.00 bits per heavy atom. The topological polar surface area (TPSA) is 57.6 Å². The van der Waals surface area contributed by atoms with Crippen LogP contribution >= 0.6 is 0 Å². The van der Waals surface area contributed by atoms with E-state index in [2.05, 4.69) is 13.8 Å². The molecule has 0 aromatic heterocycles. The first-order valence-corrected chi connectivity index (χ1v) is 8.74. The Morgan fingerprint density at radius 3 is 2.18 bits per heavy atom. The molecule has 0 aliphatic rings. The maximum absolute atomic E-state index is 12.2. The summed E-state index contributed by atoms with van der Waals surface area (Å²) in [6.07, 6.45) is 13.2. The number of unbranched alkanes of at least 4 members (excludes halogenated alkanes) is 7. The minimum Gasteiger partial charge on any atom is -0.480 e. The number of carbonyl (C=O) groups excluding carboxylic acids is 1. The van der Waals surface area contributed by atoms with Gasteiger partial charge in [-0.15, -0.1) is 0 Å². The predicted molar refractivity (Wildman–Crippen MR) is 90.9 cm³/mol. The van der Waals surface area contributed by atoms with Crippen molar-refractivity contribution in [2.45, 2.75) is 84.6 Å². The first kappa shape index (κ1) is 20.7. The molecule has 1 amide bonds. The second-order valence-electron chi connectivity index (χ2n) is 5.86. The van der Waals surface area contributed by atoms with Crippen LogP contribution in [0, 0.1) is 0 Å². The zero-order chi connectivity index (χ0) is 16.8. The summed E-state index contributed by atoms with van der Waals surface area (Å²) in [7, 11) is 0. The lowest BCUT2D eigenvalue weighted by Crippen LogP contribution is -2.43. The fraction of sp³-hybridized carbons (Fsp3) is 0.778. The van der Waals surface area contributed by atoms with E-state index in [0.29, 0.717) is 6.54 Å². The molecular formula is C18H33NO3. The molecule has 0 saturated heterocycles. The molecule has 0 aromatic rings. The second kappa shape index (κ2) is 13.4. The monoisotopic (exact) mass is 311 g/mol. The van der Waals surface area contributed by atoms with Crippen molar-refractivity contribution in [1.29, 1.82) is 0 Å². The minimum absolute atomic E-state index is 0.181. The number of hydrogen-bond acceptors (Lipinski definition) is 2. The standard InChI is InChI=1S/C18H33NO3/c1-4-6-8-10-11-13-15-19(16(3)18(21)22)17(20)14-12-9-7-5-2/h12,14,16H,4-11,13,15H2,1-3H3,(H,21,22)/b14-12+/t16-/m0/s1. The SMILES string of the molecule is CCCC/C=C/C(=O)N(CCCCCCCC)[C@@H](C)C(=O)O. The number of carbonyl (C=O) groups is 2. The molecule has 1 atom stereocenters. The fourth-order valence-electron chi connectivity index (χ4n) is 2.29. The highest BCUT2D eigenvalue weighted by Gasteiger charge is 2.23. The quantitative estimate of drug-likeness (QED) is 0.405. The molecule has 0 aliphatic carbocycles. The number of carboxylic acids is 1. The van der Waals surface area contributed by atoms with Gasteiger partial charge in [0, 0.05) is 6.54 Å². The van der Waals surface area contributed by atoms with Crippen LogP contribution in [0.1, 0.15) is 78.6 Å². The highest BCUT2D eigenvalue weighted by Crippen LogP contribution is 2.09. The maximum Gasteiger partial charge on any atom is 0.326 e. The van der Waals surface area contributed by atoms with Crippen molar-refractivity contribution in [3.8, 4) is 0 Å². The molecule has 0 fully saturated rings. The van der Waals surface area contributed by atoms with Crippen molar-refractivity contribution >= 4 is 11.9 Å². The van der Waals surface area contributed by atoms with Gasteiger partial charge >= 0.3 is 5.97 Å². The van der Waals surface area contributed by atoms with E-state index in [0.717, 1.165) is 38.5 Å². The van der Waals surface area contributed by atoms with E-state index in [9.17, 15) is 9.59 Å². The third-order valence-corrected chi connectivity index (χ3v) is 3.85. The molecule has 0 radical (unpaired) electrons. The lowest BCUT2D eigenvalue weighted by Gasteiger charge is -2.25. The molecule has 0 spiro atoms. The van der Waals surface area contributed by atoms with Crippen LogP contribution in [0.2, 0.25) is 0 Å². The summed E-state index contributed by atoms with van der Waals surface area (Å²) >= 11 is 0. The summed E-state index contributed by atoms with van der Waals surface area (Å²) in [4.78, 5) is 24.8. The smallest absolute Gasteiger partial charge is 0.326 e. The van der Waals surface area contributed by atoms with Gasteiger partial charge in [-0.2, -0.15) is 0 Å². The van der Waals surface area contributed by atoms with Crippen LogP contribution in [0.15, 0.2) is 12.2 Å². The van der Waals surface area contributed by atoms with Crippen molar-refractivity contribution in [2.75, 3.05) is 6.54 Å². The van der Waals surface area contributed by atoms with E-state index in [1.807, 2.05) is 6.08 Å². The lowest BCUT2D eigenvalue weighted by molar-refractivity contribution is -0.147. The molecule has 0 aliphatic heterocycles. The zero-order valence-corrected chi connectivity index (χ0v) is 14.5. The minimum atomic E-state index is -0.943. The van der Waals surface area contributed by atoms with E-state index in [-0.39, 0.29) is 5.91 Å². The van der Waals surface area contributed by atoms with Crippen LogP contribution in [0.4, 0.5) is 0 Å². The number of rotatable bonds is 13. The average Bonchev–Trinajstić information content (AvgIpc) is 2.50. The normalized spacial score (nSPS) is 12.5. The highest BCUT2D eigenvalue weighted by molar-refractivity contribution is 5.91.